The molecule has 4 aromatic rings. The number of rotatable bonds is 6. The quantitative estimate of drug-likeness (QED) is 0.354. The van der Waals surface area contributed by atoms with Crippen molar-refractivity contribution in [3.8, 4) is 16.9 Å². The molecule has 5 rings (SSSR count). The van der Waals surface area contributed by atoms with Gasteiger partial charge in [-0.05, 0) is 44.2 Å². The Hall–Kier alpha value is -3.24. The Labute approximate surface area is 223 Å². The molecule has 0 unspecified atom stereocenters. The average Bonchev–Trinajstić information content (AvgIpc) is 2.87. The topological polar surface area (TPSA) is 100 Å². The molecule has 0 saturated carbocycles. The molecular formula is C26H25Cl2N5O4. The second-order valence-electron chi connectivity index (χ2n) is 9.19. The second kappa shape index (κ2) is 10.3. The molecule has 11 heteroatoms. The highest BCUT2D eigenvalue weighted by Gasteiger charge is 2.28. The van der Waals surface area contributed by atoms with Crippen LogP contribution in [0.4, 0.5) is 11.8 Å². The maximum absolute atomic E-state index is 13.1. The van der Waals surface area contributed by atoms with Crippen LogP contribution in [-0.2, 0) is 16.5 Å². The summed E-state index contributed by atoms with van der Waals surface area (Å²) in [7, 11) is 1.64. The summed E-state index contributed by atoms with van der Waals surface area (Å²) in [4.78, 5) is 26.4. The lowest BCUT2D eigenvalue weighted by atomic mass is 10.1. The van der Waals surface area contributed by atoms with Gasteiger partial charge in [0.05, 0.1) is 41.6 Å². The standard InChI is InChI=1S/C26H25Cl2N5O4/c1-26(2)36-13-15(14-37-26)12-35-17-7-8-21(29-11-17)31-25-30-10-16-9-18(24(34)33(3)23(16)32-25)22-19(27)5-4-6-20(22)28/h4-11,15H,12-14H2,1-3H3,(H,29,30,31,32). The first-order valence-electron chi connectivity index (χ1n) is 11.6. The van der Waals surface area contributed by atoms with Gasteiger partial charge in [0.15, 0.2) is 5.79 Å². The van der Waals surface area contributed by atoms with Crippen molar-refractivity contribution in [1.82, 2.24) is 19.5 Å². The molecule has 0 spiro atoms. The monoisotopic (exact) mass is 541 g/mol. The highest BCUT2D eigenvalue weighted by atomic mass is 35.5. The summed E-state index contributed by atoms with van der Waals surface area (Å²) < 4.78 is 18.6. The zero-order valence-electron chi connectivity index (χ0n) is 20.5. The number of nitrogens with zero attached hydrogens (tertiary/aromatic N) is 4. The van der Waals surface area contributed by atoms with Gasteiger partial charge in [0, 0.05) is 30.1 Å². The third-order valence-corrected chi connectivity index (χ3v) is 6.61. The number of benzene rings is 1. The maximum atomic E-state index is 13.1. The van der Waals surface area contributed by atoms with Crippen molar-refractivity contribution in [2.75, 3.05) is 25.1 Å². The van der Waals surface area contributed by atoms with Gasteiger partial charge < -0.3 is 19.5 Å². The smallest absolute Gasteiger partial charge is 0.259 e. The summed E-state index contributed by atoms with van der Waals surface area (Å²) in [6, 6.07) is 10.4. The molecular weight excluding hydrogens is 517 g/mol. The van der Waals surface area contributed by atoms with E-state index in [1.54, 1.807) is 55.8 Å². The van der Waals surface area contributed by atoms with E-state index in [9.17, 15) is 4.79 Å². The summed E-state index contributed by atoms with van der Waals surface area (Å²) in [5, 5.41) is 4.51. The summed E-state index contributed by atoms with van der Waals surface area (Å²) in [5.41, 5.74) is 1.04. The predicted molar refractivity (Wildman–Crippen MR) is 143 cm³/mol. The van der Waals surface area contributed by atoms with Crippen LogP contribution in [0.3, 0.4) is 0 Å². The minimum atomic E-state index is -0.547. The minimum Gasteiger partial charge on any atom is -0.492 e. The van der Waals surface area contributed by atoms with Gasteiger partial charge in [-0.15, -0.1) is 0 Å². The number of fused-ring (bicyclic) bond motifs is 1. The number of aromatic nitrogens is 4. The Morgan fingerprint density at radius 1 is 1.11 bits per heavy atom. The normalized spacial score (nSPS) is 15.6. The highest BCUT2D eigenvalue weighted by Crippen LogP contribution is 2.33. The molecule has 0 bridgehead atoms. The summed E-state index contributed by atoms with van der Waals surface area (Å²) in [5.74, 6) is 1.06. The molecule has 1 aromatic carbocycles. The van der Waals surface area contributed by atoms with Crippen molar-refractivity contribution in [2.24, 2.45) is 13.0 Å². The van der Waals surface area contributed by atoms with E-state index < -0.39 is 5.79 Å². The van der Waals surface area contributed by atoms with Crippen LogP contribution in [0.5, 0.6) is 5.75 Å². The third kappa shape index (κ3) is 5.55. The van der Waals surface area contributed by atoms with Gasteiger partial charge >= 0.3 is 0 Å². The van der Waals surface area contributed by atoms with E-state index in [2.05, 4.69) is 20.3 Å². The van der Waals surface area contributed by atoms with Crippen LogP contribution < -0.4 is 15.6 Å². The SMILES string of the molecule is Cn1c(=O)c(-c2c(Cl)cccc2Cl)cc2cnc(Nc3ccc(OCC4COC(C)(C)OC4)cn3)nc21. The van der Waals surface area contributed by atoms with E-state index in [-0.39, 0.29) is 11.5 Å². The zero-order valence-corrected chi connectivity index (χ0v) is 22.0. The number of nitrogens with one attached hydrogen (secondary N) is 1. The van der Waals surface area contributed by atoms with E-state index in [0.29, 0.717) is 69.5 Å². The third-order valence-electron chi connectivity index (χ3n) is 5.98. The largest absolute Gasteiger partial charge is 0.492 e. The fourth-order valence-electron chi connectivity index (χ4n) is 3.93. The molecule has 1 saturated heterocycles. The fourth-order valence-corrected chi connectivity index (χ4v) is 4.53. The maximum Gasteiger partial charge on any atom is 0.259 e. The summed E-state index contributed by atoms with van der Waals surface area (Å²) in [6.45, 7) is 5.41. The molecule has 1 aliphatic rings. The van der Waals surface area contributed by atoms with E-state index in [4.69, 9.17) is 37.4 Å². The van der Waals surface area contributed by atoms with Gasteiger partial charge in [-0.2, -0.15) is 4.98 Å². The molecule has 0 aliphatic carbocycles. The number of anilines is 2. The molecule has 37 heavy (non-hydrogen) atoms. The first-order valence-corrected chi connectivity index (χ1v) is 12.4. The molecule has 0 amide bonds. The number of ether oxygens (including phenoxy) is 3. The van der Waals surface area contributed by atoms with Crippen molar-refractivity contribution in [1.29, 1.82) is 0 Å². The fraction of sp³-hybridized carbons (Fsp3) is 0.308. The Kier molecular flexibility index (Phi) is 7.04. The molecule has 9 nitrogen and oxygen atoms in total. The van der Waals surface area contributed by atoms with E-state index in [1.807, 2.05) is 13.8 Å². The predicted octanol–water partition coefficient (Wildman–Crippen LogP) is 5.22. The lowest BCUT2D eigenvalue weighted by Crippen LogP contribution is -2.41. The Balaban J connectivity index is 1.30. The number of hydrogen-bond donors (Lipinski definition) is 1. The van der Waals surface area contributed by atoms with Crippen molar-refractivity contribution in [3.05, 3.63) is 69.2 Å². The number of pyridine rings is 2. The van der Waals surface area contributed by atoms with Crippen LogP contribution in [0.2, 0.25) is 10.0 Å². The first-order chi connectivity index (χ1) is 17.7. The molecule has 1 N–H and O–H groups in total. The van der Waals surface area contributed by atoms with Crippen molar-refractivity contribution < 1.29 is 14.2 Å². The van der Waals surface area contributed by atoms with Crippen LogP contribution in [0.15, 0.2) is 53.6 Å². The number of halogens is 2. The van der Waals surface area contributed by atoms with Crippen molar-refractivity contribution in [2.45, 2.75) is 19.6 Å². The van der Waals surface area contributed by atoms with Crippen molar-refractivity contribution >= 4 is 46.0 Å². The van der Waals surface area contributed by atoms with Crippen LogP contribution in [0.25, 0.3) is 22.2 Å². The lowest BCUT2D eigenvalue weighted by molar-refractivity contribution is -0.264. The van der Waals surface area contributed by atoms with Gasteiger partial charge in [0.2, 0.25) is 5.95 Å². The van der Waals surface area contributed by atoms with E-state index in [0.717, 1.165) is 0 Å². The van der Waals surface area contributed by atoms with Crippen LogP contribution >= 0.6 is 23.2 Å². The van der Waals surface area contributed by atoms with E-state index >= 15 is 0 Å². The van der Waals surface area contributed by atoms with E-state index in [1.165, 1.54) is 4.57 Å². The molecule has 0 atom stereocenters. The number of hydrogen-bond acceptors (Lipinski definition) is 8. The van der Waals surface area contributed by atoms with Gasteiger partial charge in [0.1, 0.15) is 17.2 Å². The van der Waals surface area contributed by atoms with Crippen LogP contribution in [-0.4, -0.2) is 45.1 Å². The summed E-state index contributed by atoms with van der Waals surface area (Å²) in [6.07, 6.45) is 3.25. The van der Waals surface area contributed by atoms with Crippen molar-refractivity contribution in [3.63, 3.8) is 0 Å². The Morgan fingerprint density at radius 2 is 1.84 bits per heavy atom. The highest BCUT2D eigenvalue weighted by molar-refractivity contribution is 6.39. The summed E-state index contributed by atoms with van der Waals surface area (Å²) >= 11 is 12.7. The second-order valence-corrected chi connectivity index (χ2v) is 10.0. The van der Waals surface area contributed by atoms with Gasteiger partial charge in [0.25, 0.3) is 5.56 Å². The molecule has 1 fully saturated rings. The van der Waals surface area contributed by atoms with Gasteiger partial charge in [-0.3, -0.25) is 9.36 Å². The number of aryl methyl sites for hydroxylation is 1. The van der Waals surface area contributed by atoms with Crippen LogP contribution in [0.1, 0.15) is 13.8 Å². The Morgan fingerprint density at radius 3 is 2.51 bits per heavy atom. The molecule has 4 heterocycles. The first kappa shape index (κ1) is 25.4. The van der Waals surface area contributed by atoms with Gasteiger partial charge in [-0.1, -0.05) is 29.3 Å². The molecule has 3 aromatic heterocycles. The molecule has 1 aliphatic heterocycles. The Bertz CT molecular complexity index is 1480. The minimum absolute atomic E-state index is 0.151. The molecule has 192 valence electrons. The average molecular weight is 542 g/mol. The van der Waals surface area contributed by atoms with Gasteiger partial charge in [-0.25, -0.2) is 9.97 Å². The molecule has 0 radical (unpaired) electrons. The zero-order chi connectivity index (χ0) is 26.2. The lowest BCUT2D eigenvalue weighted by Gasteiger charge is -2.34. The van der Waals surface area contributed by atoms with Crippen LogP contribution in [0, 0.1) is 5.92 Å².